The summed E-state index contributed by atoms with van der Waals surface area (Å²) in [7, 11) is 1.61. The fourth-order valence-electron chi connectivity index (χ4n) is 2.39. The van der Waals surface area contributed by atoms with E-state index >= 15 is 0 Å². The molecule has 0 saturated heterocycles. The summed E-state index contributed by atoms with van der Waals surface area (Å²) in [6.45, 7) is 1.83. The number of hydrogen-bond donors (Lipinski definition) is 1. The molecule has 7 heteroatoms. The molecule has 2 rings (SSSR count). The van der Waals surface area contributed by atoms with Crippen LogP contribution in [-0.2, 0) is 16.0 Å². The summed E-state index contributed by atoms with van der Waals surface area (Å²) < 4.78 is 5.19. The zero-order valence-corrected chi connectivity index (χ0v) is 16.1. The van der Waals surface area contributed by atoms with E-state index in [1.165, 1.54) is 11.8 Å². The SMILES string of the molecule is COc1cccc(CCN(CC(=O)Nc2ccc(Cl)c(Cl)c2)C(C)=O)c1. The third-order valence-electron chi connectivity index (χ3n) is 3.79. The van der Waals surface area contributed by atoms with Gasteiger partial charge in [0.25, 0.3) is 0 Å². The summed E-state index contributed by atoms with van der Waals surface area (Å²) in [5.74, 6) is 0.288. The lowest BCUT2D eigenvalue weighted by molar-refractivity contribution is -0.132. The van der Waals surface area contributed by atoms with Gasteiger partial charge in [-0.1, -0.05) is 35.3 Å². The van der Waals surface area contributed by atoms with E-state index in [4.69, 9.17) is 27.9 Å². The molecule has 5 nitrogen and oxygen atoms in total. The van der Waals surface area contributed by atoms with Crippen molar-refractivity contribution in [3.8, 4) is 5.75 Å². The number of anilines is 1. The van der Waals surface area contributed by atoms with E-state index in [-0.39, 0.29) is 18.4 Å². The van der Waals surface area contributed by atoms with Crippen molar-refractivity contribution in [3.63, 3.8) is 0 Å². The zero-order chi connectivity index (χ0) is 19.1. The molecule has 0 unspecified atom stereocenters. The van der Waals surface area contributed by atoms with Crippen molar-refractivity contribution < 1.29 is 14.3 Å². The molecule has 0 aliphatic carbocycles. The van der Waals surface area contributed by atoms with Gasteiger partial charge in [-0.05, 0) is 42.3 Å². The van der Waals surface area contributed by atoms with E-state index in [9.17, 15) is 9.59 Å². The van der Waals surface area contributed by atoms with E-state index in [2.05, 4.69) is 5.32 Å². The van der Waals surface area contributed by atoms with Crippen LogP contribution in [0.3, 0.4) is 0 Å². The van der Waals surface area contributed by atoms with Crippen molar-refractivity contribution in [1.82, 2.24) is 4.90 Å². The second-order valence-corrected chi connectivity index (χ2v) is 6.53. The topological polar surface area (TPSA) is 58.6 Å². The summed E-state index contributed by atoms with van der Waals surface area (Å²) in [4.78, 5) is 25.6. The van der Waals surface area contributed by atoms with Crippen LogP contribution < -0.4 is 10.1 Å². The molecule has 0 aliphatic rings. The Morgan fingerprint density at radius 1 is 1.12 bits per heavy atom. The van der Waals surface area contributed by atoms with Crippen molar-refractivity contribution in [2.24, 2.45) is 0 Å². The largest absolute Gasteiger partial charge is 0.497 e. The van der Waals surface area contributed by atoms with Gasteiger partial charge in [-0.25, -0.2) is 0 Å². The third kappa shape index (κ3) is 5.93. The standard InChI is InChI=1S/C19H20Cl2N2O3/c1-13(24)23(9-8-14-4-3-5-16(10-14)26-2)12-19(25)22-15-6-7-17(20)18(21)11-15/h3-7,10-11H,8-9,12H2,1-2H3,(H,22,25). The van der Waals surface area contributed by atoms with Crippen LogP contribution in [0.5, 0.6) is 5.75 Å². The van der Waals surface area contributed by atoms with Gasteiger partial charge in [0.05, 0.1) is 23.7 Å². The van der Waals surface area contributed by atoms with Gasteiger partial charge in [0.2, 0.25) is 11.8 Å². The second-order valence-electron chi connectivity index (χ2n) is 5.72. The number of amides is 2. The Hall–Kier alpha value is -2.24. The number of nitrogens with one attached hydrogen (secondary N) is 1. The van der Waals surface area contributed by atoms with Crippen molar-refractivity contribution in [3.05, 3.63) is 58.1 Å². The van der Waals surface area contributed by atoms with Gasteiger partial charge < -0.3 is 15.0 Å². The van der Waals surface area contributed by atoms with Gasteiger partial charge in [0.15, 0.2) is 0 Å². The highest BCUT2D eigenvalue weighted by molar-refractivity contribution is 6.42. The molecule has 0 aromatic heterocycles. The van der Waals surface area contributed by atoms with E-state index in [1.807, 2.05) is 24.3 Å². The molecule has 0 fully saturated rings. The van der Waals surface area contributed by atoms with Gasteiger partial charge in [-0.15, -0.1) is 0 Å². The molecule has 0 aliphatic heterocycles. The van der Waals surface area contributed by atoms with Crippen LogP contribution in [0.1, 0.15) is 12.5 Å². The van der Waals surface area contributed by atoms with Gasteiger partial charge in [0.1, 0.15) is 5.75 Å². The van der Waals surface area contributed by atoms with Crippen LogP contribution in [0.25, 0.3) is 0 Å². The maximum Gasteiger partial charge on any atom is 0.243 e. The van der Waals surface area contributed by atoms with E-state index < -0.39 is 0 Å². The van der Waals surface area contributed by atoms with Gasteiger partial charge in [-0.2, -0.15) is 0 Å². The number of carbonyl (C=O) groups excluding carboxylic acids is 2. The minimum absolute atomic E-state index is 0.0421. The van der Waals surface area contributed by atoms with Crippen LogP contribution >= 0.6 is 23.2 Å². The maximum atomic E-state index is 12.2. The predicted molar refractivity (Wildman–Crippen MR) is 104 cm³/mol. The minimum Gasteiger partial charge on any atom is -0.497 e. The molecular weight excluding hydrogens is 375 g/mol. The zero-order valence-electron chi connectivity index (χ0n) is 14.6. The van der Waals surface area contributed by atoms with Crippen LogP contribution in [0.4, 0.5) is 5.69 Å². The molecule has 2 amide bonds. The van der Waals surface area contributed by atoms with Gasteiger partial charge in [-0.3, -0.25) is 9.59 Å². The molecule has 2 aromatic carbocycles. The first-order chi connectivity index (χ1) is 12.4. The molecular formula is C19H20Cl2N2O3. The number of carbonyl (C=O) groups is 2. The number of rotatable bonds is 7. The van der Waals surface area contributed by atoms with Crippen molar-refractivity contribution >= 4 is 40.7 Å². The first-order valence-corrected chi connectivity index (χ1v) is 8.78. The summed E-state index contributed by atoms with van der Waals surface area (Å²) in [6, 6.07) is 12.4. The molecule has 138 valence electrons. The molecule has 1 N–H and O–H groups in total. The Labute approximate surface area is 162 Å². The lowest BCUT2D eigenvalue weighted by Gasteiger charge is -2.20. The molecule has 0 spiro atoms. The number of halogens is 2. The normalized spacial score (nSPS) is 10.3. The first-order valence-electron chi connectivity index (χ1n) is 8.02. The summed E-state index contributed by atoms with van der Waals surface area (Å²) in [6.07, 6.45) is 0.622. The van der Waals surface area contributed by atoms with E-state index in [1.54, 1.807) is 25.3 Å². The first kappa shape index (κ1) is 20.1. The lowest BCUT2D eigenvalue weighted by Crippen LogP contribution is -2.38. The summed E-state index contributed by atoms with van der Waals surface area (Å²) >= 11 is 11.8. The fourth-order valence-corrected chi connectivity index (χ4v) is 2.69. The second kappa shape index (κ2) is 9.46. The summed E-state index contributed by atoms with van der Waals surface area (Å²) in [5, 5.41) is 3.48. The summed E-state index contributed by atoms with van der Waals surface area (Å²) in [5.41, 5.74) is 1.56. The third-order valence-corrected chi connectivity index (χ3v) is 4.53. The molecule has 0 saturated carbocycles. The molecule has 0 heterocycles. The monoisotopic (exact) mass is 394 g/mol. The minimum atomic E-state index is -0.302. The molecule has 0 bridgehead atoms. The Morgan fingerprint density at radius 2 is 1.88 bits per heavy atom. The van der Waals surface area contributed by atoms with E-state index in [0.717, 1.165) is 11.3 Å². The average molecular weight is 395 g/mol. The number of hydrogen-bond acceptors (Lipinski definition) is 3. The highest BCUT2D eigenvalue weighted by Gasteiger charge is 2.14. The quantitative estimate of drug-likeness (QED) is 0.770. The van der Waals surface area contributed by atoms with Crippen LogP contribution in [0.15, 0.2) is 42.5 Å². The molecule has 0 radical (unpaired) electrons. The van der Waals surface area contributed by atoms with Gasteiger partial charge in [0, 0.05) is 19.2 Å². The Kier molecular flexibility index (Phi) is 7.30. The highest BCUT2D eigenvalue weighted by atomic mass is 35.5. The van der Waals surface area contributed by atoms with E-state index in [0.29, 0.717) is 28.7 Å². The molecule has 2 aromatic rings. The van der Waals surface area contributed by atoms with Crippen LogP contribution in [-0.4, -0.2) is 36.9 Å². The Balaban J connectivity index is 1.95. The Bertz CT molecular complexity index is 796. The lowest BCUT2D eigenvalue weighted by atomic mass is 10.1. The van der Waals surface area contributed by atoms with Crippen molar-refractivity contribution in [2.45, 2.75) is 13.3 Å². The van der Waals surface area contributed by atoms with Crippen molar-refractivity contribution in [2.75, 3.05) is 25.5 Å². The van der Waals surface area contributed by atoms with Crippen LogP contribution in [0.2, 0.25) is 10.0 Å². The predicted octanol–water partition coefficient (Wildman–Crippen LogP) is 4.03. The van der Waals surface area contributed by atoms with Crippen molar-refractivity contribution in [1.29, 1.82) is 0 Å². The molecule has 0 atom stereocenters. The number of methoxy groups -OCH3 is 1. The smallest absolute Gasteiger partial charge is 0.243 e. The highest BCUT2D eigenvalue weighted by Crippen LogP contribution is 2.25. The maximum absolute atomic E-state index is 12.2. The fraction of sp³-hybridized carbons (Fsp3) is 0.263. The van der Waals surface area contributed by atoms with Gasteiger partial charge >= 0.3 is 0 Å². The van der Waals surface area contributed by atoms with Crippen LogP contribution in [0, 0.1) is 0 Å². The average Bonchev–Trinajstić information content (AvgIpc) is 2.61. The number of ether oxygens (including phenoxy) is 1. The number of nitrogens with zero attached hydrogens (tertiary/aromatic N) is 1. The Morgan fingerprint density at radius 3 is 2.54 bits per heavy atom. The number of benzene rings is 2. The molecule has 26 heavy (non-hydrogen) atoms.